The van der Waals surface area contributed by atoms with Gasteiger partial charge in [0.25, 0.3) is 5.91 Å². The van der Waals surface area contributed by atoms with Crippen LogP contribution in [0.15, 0.2) is 54.6 Å². The minimum atomic E-state index is -0.262. The number of benzene rings is 2. The largest absolute Gasteiger partial charge is 0.322 e. The number of nitrogens with zero attached hydrogens (tertiary/aromatic N) is 1. The van der Waals surface area contributed by atoms with Crippen LogP contribution in [0.5, 0.6) is 0 Å². The summed E-state index contributed by atoms with van der Waals surface area (Å²) in [6.45, 7) is 3.96. The molecular formula is C24H22N2O3. The Morgan fingerprint density at radius 3 is 2.31 bits per heavy atom. The van der Waals surface area contributed by atoms with Gasteiger partial charge in [0.15, 0.2) is 0 Å². The van der Waals surface area contributed by atoms with Crippen molar-refractivity contribution < 1.29 is 14.4 Å². The van der Waals surface area contributed by atoms with Crippen LogP contribution in [0.3, 0.4) is 0 Å². The average Bonchev–Trinajstić information content (AvgIpc) is 3.39. The molecule has 5 heteroatoms. The number of hydrogen-bond donors (Lipinski definition) is 1. The highest BCUT2D eigenvalue weighted by Gasteiger charge is 2.59. The average molecular weight is 386 g/mol. The first-order chi connectivity index (χ1) is 14.0. The molecule has 0 aromatic heterocycles. The number of aryl methyl sites for hydroxylation is 1. The zero-order valence-electron chi connectivity index (χ0n) is 16.4. The van der Waals surface area contributed by atoms with Crippen LogP contribution in [0.4, 0.5) is 11.4 Å². The van der Waals surface area contributed by atoms with E-state index >= 15 is 0 Å². The molecule has 1 saturated heterocycles. The van der Waals surface area contributed by atoms with E-state index in [1.54, 1.807) is 24.3 Å². The lowest BCUT2D eigenvalue weighted by atomic mass is 9.85. The highest BCUT2D eigenvalue weighted by Crippen LogP contribution is 2.53. The second-order valence-electron chi connectivity index (χ2n) is 8.26. The lowest BCUT2D eigenvalue weighted by Crippen LogP contribution is -2.33. The highest BCUT2D eigenvalue weighted by atomic mass is 16.2. The summed E-state index contributed by atoms with van der Waals surface area (Å²) in [5.41, 5.74) is 3.76. The maximum atomic E-state index is 13.0. The third-order valence-corrected chi connectivity index (χ3v) is 6.69. The zero-order valence-corrected chi connectivity index (χ0v) is 16.4. The van der Waals surface area contributed by atoms with E-state index in [0.29, 0.717) is 11.3 Å². The lowest BCUT2D eigenvalue weighted by molar-refractivity contribution is -0.123. The summed E-state index contributed by atoms with van der Waals surface area (Å²) in [7, 11) is 0. The monoisotopic (exact) mass is 386 g/mol. The summed E-state index contributed by atoms with van der Waals surface area (Å²) in [5, 5.41) is 2.93. The first-order valence-electron chi connectivity index (χ1n) is 9.99. The normalized spacial score (nSPS) is 26.9. The van der Waals surface area contributed by atoms with E-state index in [-0.39, 0.29) is 41.4 Å². The van der Waals surface area contributed by atoms with Gasteiger partial charge in [-0.1, -0.05) is 30.4 Å². The predicted molar refractivity (Wildman–Crippen MR) is 111 cm³/mol. The molecule has 0 unspecified atom stereocenters. The number of allylic oxidation sites excluding steroid dienone is 2. The molecule has 1 saturated carbocycles. The van der Waals surface area contributed by atoms with Gasteiger partial charge in [0.1, 0.15) is 0 Å². The molecule has 2 fully saturated rings. The van der Waals surface area contributed by atoms with Crippen molar-refractivity contribution in [2.45, 2.75) is 20.3 Å². The van der Waals surface area contributed by atoms with Crippen molar-refractivity contribution in [3.63, 3.8) is 0 Å². The quantitative estimate of drug-likeness (QED) is 0.643. The minimum Gasteiger partial charge on any atom is -0.322 e. The standard InChI is InChI=1S/C24H22N2O3/c1-13-5-3-8-19(14(13)2)25-22(27)17-6-4-7-18(12-17)26-23(28)20-15-9-10-16(11-15)21(20)24(26)29/h3-10,12,15-16,20-21H,11H2,1-2H3,(H,25,27)/t15-,16+,20-,21-/m0/s1. The fraction of sp³-hybridized carbons (Fsp3) is 0.292. The second-order valence-corrected chi connectivity index (χ2v) is 8.26. The van der Waals surface area contributed by atoms with E-state index in [1.807, 2.05) is 32.0 Å². The van der Waals surface area contributed by atoms with Crippen LogP contribution in [-0.2, 0) is 9.59 Å². The Balaban J connectivity index is 1.42. The molecule has 146 valence electrons. The molecule has 29 heavy (non-hydrogen) atoms. The Morgan fingerprint density at radius 1 is 0.966 bits per heavy atom. The Hall–Kier alpha value is -3.21. The van der Waals surface area contributed by atoms with Crippen molar-refractivity contribution in [1.82, 2.24) is 0 Å². The summed E-state index contributed by atoms with van der Waals surface area (Å²) in [4.78, 5) is 40.1. The molecule has 1 N–H and O–H groups in total. The molecular weight excluding hydrogens is 364 g/mol. The van der Waals surface area contributed by atoms with Gasteiger partial charge in [-0.2, -0.15) is 0 Å². The third kappa shape index (κ3) is 2.64. The number of carbonyl (C=O) groups excluding carboxylic acids is 3. The number of carbonyl (C=O) groups is 3. The van der Waals surface area contributed by atoms with E-state index in [1.165, 1.54) is 4.90 Å². The number of amides is 3. The van der Waals surface area contributed by atoms with Crippen LogP contribution in [0, 0.1) is 37.5 Å². The van der Waals surface area contributed by atoms with Crippen LogP contribution >= 0.6 is 0 Å². The van der Waals surface area contributed by atoms with Gasteiger partial charge in [0.2, 0.25) is 11.8 Å². The molecule has 0 radical (unpaired) electrons. The second kappa shape index (κ2) is 6.41. The predicted octanol–water partition coefficient (Wildman–Crippen LogP) is 3.87. The first-order valence-corrected chi connectivity index (χ1v) is 9.99. The van der Waals surface area contributed by atoms with Gasteiger partial charge in [-0.05, 0) is 67.5 Å². The summed E-state index contributed by atoms with van der Waals surface area (Å²) in [6, 6.07) is 12.5. The molecule has 4 atom stereocenters. The van der Waals surface area contributed by atoms with Crippen LogP contribution in [-0.4, -0.2) is 17.7 Å². The van der Waals surface area contributed by atoms with Crippen molar-refractivity contribution in [3.8, 4) is 0 Å². The van der Waals surface area contributed by atoms with Gasteiger partial charge < -0.3 is 5.32 Å². The van der Waals surface area contributed by atoms with Gasteiger partial charge in [0, 0.05) is 11.3 Å². The summed E-state index contributed by atoms with van der Waals surface area (Å²) >= 11 is 0. The third-order valence-electron chi connectivity index (χ3n) is 6.69. The van der Waals surface area contributed by atoms with Crippen molar-refractivity contribution in [1.29, 1.82) is 0 Å². The molecule has 2 bridgehead atoms. The summed E-state index contributed by atoms with van der Waals surface area (Å²) in [5.74, 6) is -0.686. The number of hydrogen-bond acceptors (Lipinski definition) is 3. The smallest absolute Gasteiger partial charge is 0.255 e. The Morgan fingerprint density at radius 2 is 1.62 bits per heavy atom. The minimum absolute atomic E-state index is 0.135. The number of anilines is 2. The maximum Gasteiger partial charge on any atom is 0.255 e. The molecule has 2 aliphatic carbocycles. The molecule has 2 aromatic carbocycles. The van der Waals surface area contributed by atoms with Crippen LogP contribution in [0.25, 0.3) is 0 Å². The molecule has 5 rings (SSSR count). The van der Waals surface area contributed by atoms with Gasteiger partial charge in [-0.3, -0.25) is 14.4 Å². The van der Waals surface area contributed by atoms with Crippen LogP contribution in [0.2, 0.25) is 0 Å². The number of fused-ring (bicyclic) bond motifs is 5. The SMILES string of the molecule is Cc1cccc(NC(=O)c2cccc(N3C(=O)[C@@H]4[C@@H](C3=O)[C@H]3C=C[C@@H]4C3)c2)c1C. The van der Waals surface area contributed by atoms with Crippen LogP contribution < -0.4 is 10.2 Å². The Kier molecular flexibility index (Phi) is 3.95. The first kappa shape index (κ1) is 17.9. The van der Waals surface area contributed by atoms with Gasteiger partial charge in [-0.15, -0.1) is 0 Å². The number of imide groups is 1. The molecule has 0 spiro atoms. The van der Waals surface area contributed by atoms with Gasteiger partial charge >= 0.3 is 0 Å². The maximum absolute atomic E-state index is 13.0. The van der Waals surface area contributed by atoms with Gasteiger partial charge in [-0.25, -0.2) is 4.90 Å². The van der Waals surface area contributed by atoms with E-state index in [2.05, 4.69) is 17.5 Å². The van der Waals surface area contributed by atoms with Crippen molar-refractivity contribution in [3.05, 3.63) is 71.3 Å². The summed E-state index contributed by atoms with van der Waals surface area (Å²) in [6.07, 6.45) is 5.06. The fourth-order valence-electron chi connectivity index (χ4n) is 5.02. The topological polar surface area (TPSA) is 66.5 Å². The van der Waals surface area contributed by atoms with Crippen LogP contribution in [0.1, 0.15) is 27.9 Å². The molecule has 3 amide bonds. The van der Waals surface area contributed by atoms with Crippen molar-refractivity contribution >= 4 is 29.1 Å². The van der Waals surface area contributed by atoms with Crippen molar-refractivity contribution in [2.24, 2.45) is 23.7 Å². The molecule has 1 heterocycles. The van der Waals surface area contributed by atoms with E-state index in [4.69, 9.17) is 0 Å². The van der Waals surface area contributed by atoms with E-state index in [9.17, 15) is 14.4 Å². The van der Waals surface area contributed by atoms with Gasteiger partial charge in [0.05, 0.1) is 17.5 Å². The lowest BCUT2D eigenvalue weighted by Gasteiger charge is -2.18. The molecule has 3 aliphatic rings. The summed E-state index contributed by atoms with van der Waals surface area (Å²) < 4.78 is 0. The molecule has 5 nitrogen and oxygen atoms in total. The molecule has 1 aliphatic heterocycles. The number of rotatable bonds is 3. The highest BCUT2D eigenvalue weighted by molar-refractivity contribution is 6.23. The number of nitrogens with one attached hydrogen (secondary N) is 1. The van der Waals surface area contributed by atoms with E-state index < -0.39 is 0 Å². The zero-order chi connectivity index (χ0) is 20.3. The Labute approximate surface area is 169 Å². The molecule has 2 aromatic rings. The fourth-order valence-corrected chi connectivity index (χ4v) is 5.02. The Bertz CT molecular complexity index is 1060. The van der Waals surface area contributed by atoms with Crippen molar-refractivity contribution in [2.75, 3.05) is 10.2 Å². The van der Waals surface area contributed by atoms with E-state index in [0.717, 1.165) is 23.2 Å².